The third-order valence-electron chi connectivity index (χ3n) is 2.13. The van der Waals surface area contributed by atoms with Crippen LogP contribution in [-0.2, 0) is 0 Å². The number of nitrogens with zero attached hydrogens (tertiary/aromatic N) is 3. The SMILES string of the molecule is Cc1ccnc(Sc2ccc(N)c(C#N)c2)n1. The summed E-state index contributed by atoms with van der Waals surface area (Å²) < 4.78 is 0. The van der Waals surface area contributed by atoms with Crippen LogP contribution >= 0.6 is 11.8 Å². The summed E-state index contributed by atoms with van der Waals surface area (Å²) in [6, 6.07) is 9.21. The number of nitrogen functional groups attached to an aromatic ring is 1. The van der Waals surface area contributed by atoms with Crippen LogP contribution in [0, 0.1) is 18.3 Å². The van der Waals surface area contributed by atoms with Crippen LogP contribution in [-0.4, -0.2) is 9.97 Å². The Kier molecular flexibility index (Phi) is 3.26. The fourth-order valence-electron chi connectivity index (χ4n) is 1.28. The van der Waals surface area contributed by atoms with Gasteiger partial charge in [-0.05, 0) is 43.0 Å². The van der Waals surface area contributed by atoms with E-state index in [0.29, 0.717) is 16.4 Å². The second-order valence-corrected chi connectivity index (χ2v) is 4.48. The molecule has 0 atom stereocenters. The quantitative estimate of drug-likeness (QED) is 0.646. The van der Waals surface area contributed by atoms with Gasteiger partial charge < -0.3 is 5.73 Å². The van der Waals surface area contributed by atoms with Gasteiger partial charge in [0, 0.05) is 22.5 Å². The van der Waals surface area contributed by atoms with Gasteiger partial charge >= 0.3 is 0 Å². The van der Waals surface area contributed by atoms with Gasteiger partial charge in [0.2, 0.25) is 0 Å². The summed E-state index contributed by atoms with van der Waals surface area (Å²) in [5, 5.41) is 9.55. The highest BCUT2D eigenvalue weighted by Gasteiger charge is 2.04. The molecule has 5 heteroatoms. The van der Waals surface area contributed by atoms with E-state index in [9.17, 15) is 0 Å². The van der Waals surface area contributed by atoms with E-state index in [2.05, 4.69) is 16.0 Å². The lowest BCUT2D eigenvalue weighted by Crippen LogP contribution is -1.91. The third-order valence-corrected chi connectivity index (χ3v) is 3.00. The minimum atomic E-state index is 0.475. The number of hydrogen-bond donors (Lipinski definition) is 1. The molecule has 1 aromatic heterocycles. The number of benzene rings is 1. The van der Waals surface area contributed by atoms with E-state index in [1.165, 1.54) is 11.8 Å². The number of aryl methyl sites for hydroxylation is 1. The summed E-state index contributed by atoms with van der Waals surface area (Å²) in [6.07, 6.45) is 1.72. The molecule has 0 unspecified atom stereocenters. The van der Waals surface area contributed by atoms with Gasteiger partial charge in [0.05, 0.1) is 5.56 Å². The highest BCUT2D eigenvalue weighted by molar-refractivity contribution is 7.99. The second kappa shape index (κ2) is 4.85. The van der Waals surface area contributed by atoms with E-state index in [-0.39, 0.29) is 0 Å². The van der Waals surface area contributed by atoms with Crippen LogP contribution in [0.25, 0.3) is 0 Å². The van der Waals surface area contributed by atoms with Crippen molar-refractivity contribution in [3.8, 4) is 6.07 Å². The molecule has 1 heterocycles. The Morgan fingerprint density at radius 3 is 2.88 bits per heavy atom. The van der Waals surface area contributed by atoms with Gasteiger partial charge in [-0.25, -0.2) is 9.97 Å². The Bertz CT molecular complexity index is 589. The Balaban J connectivity index is 2.28. The Morgan fingerprint density at radius 2 is 2.18 bits per heavy atom. The molecule has 0 radical (unpaired) electrons. The third kappa shape index (κ3) is 2.74. The molecule has 0 aliphatic rings. The zero-order valence-corrected chi connectivity index (χ0v) is 10.0. The lowest BCUT2D eigenvalue weighted by atomic mass is 10.2. The molecule has 4 nitrogen and oxygen atoms in total. The normalized spacial score (nSPS) is 9.88. The smallest absolute Gasteiger partial charge is 0.192 e. The van der Waals surface area contributed by atoms with Gasteiger partial charge in [0.25, 0.3) is 0 Å². The van der Waals surface area contributed by atoms with Gasteiger partial charge in [0.15, 0.2) is 5.16 Å². The van der Waals surface area contributed by atoms with Crippen molar-refractivity contribution in [2.24, 2.45) is 0 Å². The number of rotatable bonds is 2. The molecule has 84 valence electrons. The van der Waals surface area contributed by atoms with E-state index in [1.807, 2.05) is 19.1 Å². The predicted octanol–water partition coefficient (Wildman–Crippen LogP) is 2.39. The van der Waals surface area contributed by atoms with Crippen molar-refractivity contribution in [3.63, 3.8) is 0 Å². The molecule has 0 aliphatic heterocycles. The number of aromatic nitrogens is 2. The summed E-state index contributed by atoms with van der Waals surface area (Å²) in [7, 11) is 0. The standard InChI is InChI=1S/C12H10N4S/c1-8-4-5-15-12(16-8)17-10-2-3-11(14)9(6-10)7-13/h2-6H,14H2,1H3. The monoisotopic (exact) mass is 242 g/mol. The highest BCUT2D eigenvalue weighted by Crippen LogP contribution is 2.27. The number of anilines is 1. The summed E-state index contributed by atoms with van der Waals surface area (Å²) in [5.41, 5.74) is 7.53. The van der Waals surface area contributed by atoms with Gasteiger partial charge in [0.1, 0.15) is 6.07 Å². The molecule has 1 aromatic carbocycles. The first-order chi connectivity index (χ1) is 8.19. The van der Waals surface area contributed by atoms with Gasteiger partial charge in [-0.3, -0.25) is 0 Å². The van der Waals surface area contributed by atoms with Crippen LogP contribution in [0.4, 0.5) is 5.69 Å². The molecule has 0 saturated carbocycles. The first-order valence-electron chi connectivity index (χ1n) is 4.96. The summed E-state index contributed by atoms with van der Waals surface area (Å²) in [5.74, 6) is 0. The molecule has 2 rings (SSSR count). The molecule has 2 N–H and O–H groups in total. The average molecular weight is 242 g/mol. The maximum absolute atomic E-state index is 8.88. The van der Waals surface area contributed by atoms with Crippen LogP contribution in [0.1, 0.15) is 11.3 Å². The molecule has 0 fully saturated rings. The minimum absolute atomic E-state index is 0.475. The molecular weight excluding hydrogens is 232 g/mol. The van der Waals surface area contributed by atoms with Gasteiger partial charge in [-0.1, -0.05) is 0 Å². The molecule has 2 aromatic rings. The number of nitrogens with two attached hydrogens (primary N) is 1. The molecule has 17 heavy (non-hydrogen) atoms. The molecular formula is C12H10N4S. The molecule has 0 aliphatic carbocycles. The van der Waals surface area contributed by atoms with Crippen LogP contribution in [0.15, 0.2) is 40.5 Å². The van der Waals surface area contributed by atoms with Crippen molar-refractivity contribution in [2.75, 3.05) is 5.73 Å². The van der Waals surface area contributed by atoms with Crippen molar-refractivity contribution in [2.45, 2.75) is 17.0 Å². The summed E-state index contributed by atoms with van der Waals surface area (Å²) in [6.45, 7) is 1.91. The molecule has 0 spiro atoms. The maximum atomic E-state index is 8.88. The Hall–Kier alpha value is -2.06. The predicted molar refractivity (Wildman–Crippen MR) is 66.5 cm³/mol. The Labute approximate surface area is 104 Å². The average Bonchev–Trinajstić information content (AvgIpc) is 2.32. The molecule has 0 saturated heterocycles. The fourth-order valence-corrected chi connectivity index (χ4v) is 2.10. The largest absolute Gasteiger partial charge is 0.398 e. The zero-order valence-electron chi connectivity index (χ0n) is 9.21. The number of nitriles is 1. The van der Waals surface area contributed by atoms with Crippen molar-refractivity contribution < 1.29 is 0 Å². The summed E-state index contributed by atoms with van der Waals surface area (Å²) in [4.78, 5) is 9.34. The first-order valence-corrected chi connectivity index (χ1v) is 5.78. The van der Waals surface area contributed by atoms with E-state index in [1.54, 1.807) is 18.3 Å². The first kappa shape index (κ1) is 11.4. The van der Waals surface area contributed by atoms with Crippen LogP contribution in [0.5, 0.6) is 0 Å². The maximum Gasteiger partial charge on any atom is 0.192 e. The lowest BCUT2D eigenvalue weighted by Gasteiger charge is -2.02. The summed E-state index contributed by atoms with van der Waals surface area (Å²) >= 11 is 1.41. The zero-order chi connectivity index (χ0) is 12.3. The van der Waals surface area contributed by atoms with Gasteiger partial charge in [-0.2, -0.15) is 5.26 Å². The van der Waals surface area contributed by atoms with E-state index in [4.69, 9.17) is 11.0 Å². The molecule has 0 amide bonds. The van der Waals surface area contributed by atoms with Crippen molar-refractivity contribution in [3.05, 3.63) is 41.7 Å². The van der Waals surface area contributed by atoms with Crippen molar-refractivity contribution in [1.82, 2.24) is 9.97 Å². The van der Waals surface area contributed by atoms with Crippen LogP contribution in [0.2, 0.25) is 0 Å². The number of hydrogen-bond acceptors (Lipinski definition) is 5. The topological polar surface area (TPSA) is 75.6 Å². The van der Waals surface area contributed by atoms with Gasteiger partial charge in [-0.15, -0.1) is 0 Å². The van der Waals surface area contributed by atoms with E-state index in [0.717, 1.165) is 10.6 Å². The molecule has 0 bridgehead atoms. The van der Waals surface area contributed by atoms with E-state index >= 15 is 0 Å². The lowest BCUT2D eigenvalue weighted by molar-refractivity contribution is 0.932. The van der Waals surface area contributed by atoms with Crippen LogP contribution in [0.3, 0.4) is 0 Å². The minimum Gasteiger partial charge on any atom is -0.398 e. The Morgan fingerprint density at radius 1 is 1.35 bits per heavy atom. The van der Waals surface area contributed by atoms with Crippen LogP contribution < -0.4 is 5.73 Å². The second-order valence-electron chi connectivity index (χ2n) is 3.44. The van der Waals surface area contributed by atoms with E-state index < -0.39 is 0 Å². The highest BCUT2D eigenvalue weighted by atomic mass is 32.2. The van der Waals surface area contributed by atoms with Crippen molar-refractivity contribution in [1.29, 1.82) is 5.26 Å². The fraction of sp³-hybridized carbons (Fsp3) is 0.0833. The van der Waals surface area contributed by atoms with Crippen molar-refractivity contribution >= 4 is 17.4 Å².